The molecule has 0 unspecified atom stereocenters. The van der Waals surface area contributed by atoms with Gasteiger partial charge < -0.3 is 4.90 Å². The van der Waals surface area contributed by atoms with Crippen LogP contribution in [0.15, 0.2) is 154 Å². The minimum absolute atomic E-state index is 0.107. The molecule has 0 saturated heterocycles. The number of hydrogen-bond donors (Lipinski definition) is 0. The first-order valence-electron chi connectivity index (χ1n) is 20.3. The van der Waals surface area contributed by atoms with E-state index >= 15 is 0 Å². The molecule has 2 heterocycles. The second kappa shape index (κ2) is 14.9. The van der Waals surface area contributed by atoms with Crippen LogP contribution in [0.5, 0.6) is 0 Å². The van der Waals surface area contributed by atoms with Crippen molar-refractivity contribution in [2.45, 2.75) is 95.8 Å². The first-order chi connectivity index (χ1) is 26.2. The highest BCUT2D eigenvalue weighted by atomic mass is 32.2. The van der Waals surface area contributed by atoms with Gasteiger partial charge in [-0.1, -0.05) is 137 Å². The summed E-state index contributed by atoms with van der Waals surface area (Å²) in [6.45, 7) is 16.4. The average Bonchev–Trinajstić information content (AvgIpc) is 3.74. The molecule has 3 aliphatic rings. The zero-order chi connectivity index (χ0) is 37.5. The second-order valence-electron chi connectivity index (χ2n) is 16.4. The lowest BCUT2D eigenvalue weighted by Gasteiger charge is -2.27. The minimum atomic E-state index is -0.107. The van der Waals surface area contributed by atoms with Gasteiger partial charge in [0, 0.05) is 57.3 Å². The average molecular weight is 728 g/mol. The Bertz CT molecular complexity index is 2380. The molecule has 0 fully saturated rings. The molecule has 2 nitrogen and oxygen atoms in total. The van der Waals surface area contributed by atoms with E-state index in [1.807, 2.05) is 11.8 Å². The highest BCUT2D eigenvalue weighted by molar-refractivity contribution is 8.03. The minimum Gasteiger partial charge on any atom is -0.344 e. The fourth-order valence-electron chi connectivity index (χ4n) is 9.30. The Hall–Kier alpha value is -4.60. The Labute approximate surface area is 327 Å². The van der Waals surface area contributed by atoms with Crippen molar-refractivity contribution in [3.05, 3.63) is 160 Å². The molecule has 2 aliphatic heterocycles. The van der Waals surface area contributed by atoms with Crippen molar-refractivity contribution in [1.82, 2.24) is 0 Å². The second-order valence-corrected chi connectivity index (χ2v) is 17.4. The molecule has 0 radical (unpaired) electrons. The van der Waals surface area contributed by atoms with E-state index in [0.29, 0.717) is 0 Å². The maximum Gasteiger partial charge on any atom is 0.210 e. The van der Waals surface area contributed by atoms with E-state index in [1.54, 1.807) is 0 Å². The fraction of sp³-hybridized carbons (Fsp3) is 0.314. The normalized spacial score (nSPS) is 19.0. The number of allylic oxidation sites excluding steroid dienone is 7. The van der Waals surface area contributed by atoms with E-state index in [-0.39, 0.29) is 10.8 Å². The maximum absolute atomic E-state index is 2.62. The van der Waals surface area contributed by atoms with Crippen molar-refractivity contribution in [2.24, 2.45) is 0 Å². The molecule has 0 bridgehead atoms. The lowest BCUT2D eigenvalue weighted by atomic mass is 9.79. The predicted molar refractivity (Wildman–Crippen MR) is 235 cm³/mol. The summed E-state index contributed by atoms with van der Waals surface area (Å²) in [5, 5.41) is 5.40. The van der Waals surface area contributed by atoms with Crippen LogP contribution in [0.2, 0.25) is 0 Å². The summed E-state index contributed by atoms with van der Waals surface area (Å²) in [5.41, 5.74) is 11.1. The van der Waals surface area contributed by atoms with E-state index in [0.717, 1.165) is 25.9 Å². The van der Waals surface area contributed by atoms with Gasteiger partial charge in [0.05, 0.1) is 5.41 Å². The van der Waals surface area contributed by atoms with Gasteiger partial charge in [0.15, 0.2) is 5.71 Å². The van der Waals surface area contributed by atoms with Gasteiger partial charge in [0.1, 0.15) is 6.54 Å². The topological polar surface area (TPSA) is 6.25 Å². The molecular formula is C51H55N2S+. The number of benzene rings is 5. The Balaban J connectivity index is 1.22. The first kappa shape index (κ1) is 36.4. The van der Waals surface area contributed by atoms with E-state index in [4.69, 9.17) is 0 Å². The lowest BCUT2D eigenvalue weighted by Crippen LogP contribution is -2.28. The maximum atomic E-state index is 2.62. The SMILES string of the molecule is CCCCN1/C(=C\C=C2\CCC(/C=C/C3=[N+](CCCC)c4ccc5ccccc5c4C3(C)C)=C2Sc2ccccc2)C(C)(C)c2c1ccc1ccccc21. The summed E-state index contributed by atoms with van der Waals surface area (Å²) in [6.07, 6.45) is 16.7. The molecule has 0 spiro atoms. The molecule has 5 aromatic carbocycles. The standard InChI is InChI=1S/C51H55N2S/c1-7-9-34-52-43-30-26-36-18-14-16-22-41(36)47(43)50(3,4)45(52)32-28-38-24-25-39(49(38)54-40-20-12-11-13-21-40)29-33-46-51(5,6)48-42-23-17-15-19-37(42)27-31-44(48)53(46)35-10-8-2/h11-23,26-33H,7-10,24-25,34-35H2,1-6H3/q+1. The first-order valence-corrected chi connectivity index (χ1v) is 21.1. The third-order valence-corrected chi connectivity index (χ3v) is 13.3. The van der Waals surface area contributed by atoms with Gasteiger partial charge in [-0.15, -0.1) is 0 Å². The van der Waals surface area contributed by atoms with Crippen molar-refractivity contribution in [3.8, 4) is 0 Å². The Kier molecular flexibility index (Phi) is 10.0. The summed E-state index contributed by atoms with van der Waals surface area (Å²) < 4.78 is 2.62. The number of unbranched alkanes of at least 4 members (excludes halogenated alkanes) is 2. The Morgan fingerprint density at radius 2 is 1.33 bits per heavy atom. The number of nitrogens with zero attached hydrogens (tertiary/aromatic N) is 2. The lowest BCUT2D eigenvalue weighted by molar-refractivity contribution is -0.438. The van der Waals surface area contributed by atoms with Crippen LogP contribution in [0, 0.1) is 0 Å². The van der Waals surface area contributed by atoms with E-state index in [1.165, 1.54) is 102 Å². The number of thioether (sulfide) groups is 1. The van der Waals surface area contributed by atoms with Crippen molar-refractivity contribution in [3.63, 3.8) is 0 Å². The van der Waals surface area contributed by atoms with Crippen molar-refractivity contribution in [1.29, 1.82) is 0 Å². The Morgan fingerprint density at radius 1 is 0.667 bits per heavy atom. The van der Waals surface area contributed by atoms with Crippen LogP contribution in [0.25, 0.3) is 21.5 Å². The molecule has 1 aliphatic carbocycles. The number of hydrogen-bond acceptors (Lipinski definition) is 2. The zero-order valence-corrected chi connectivity index (χ0v) is 33.9. The molecule has 8 rings (SSSR count). The smallest absolute Gasteiger partial charge is 0.210 e. The summed E-state index contributed by atoms with van der Waals surface area (Å²) in [6, 6.07) is 38.2. The largest absolute Gasteiger partial charge is 0.344 e. The van der Waals surface area contributed by atoms with Crippen molar-refractivity contribution >= 4 is 50.4 Å². The zero-order valence-electron chi connectivity index (χ0n) is 33.1. The van der Waals surface area contributed by atoms with Crippen LogP contribution in [0.4, 0.5) is 11.4 Å². The molecule has 0 saturated carbocycles. The van der Waals surface area contributed by atoms with Gasteiger partial charge in [-0.3, -0.25) is 0 Å². The van der Waals surface area contributed by atoms with Gasteiger partial charge in [-0.2, -0.15) is 4.58 Å². The molecule has 54 heavy (non-hydrogen) atoms. The summed E-state index contributed by atoms with van der Waals surface area (Å²) in [5.74, 6) is 0. The van der Waals surface area contributed by atoms with Gasteiger partial charge in [0.2, 0.25) is 5.69 Å². The van der Waals surface area contributed by atoms with Crippen LogP contribution >= 0.6 is 11.8 Å². The number of rotatable bonds is 11. The molecular weight excluding hydrogens is 673 g/mol. The fourth-order valence-corrected chi connectivity index (χ4v) is 10.4. The van der Waals surface area contributed by atoms with Crippen LogP contribution in [0.1, 0.15) is 91.2 Å². The van der Waals surface area contributed by atoms with Crippen molar-refractivity contribution in [2.75, 3.05) is 18.0 Å². The number of anilines is 1. The molecule has 5 aromatic rings. The predicted octanol–water partition coefficient (Wildman–Crippen LogP) is 14.0. The van der Waals surface area contributed by atoms with Crippen LogP contribution < -0.4 is 4.90 Å². The summed E-state index contributed by atoms with van der Waals surface area (Å²) >= 11 is 1.93. The quantitative estimate of drug-likeness (QED) is 0.125. The molecule has 274 valence electrons. The van der Waals surface area contributed by atoms with E-state index in [9.17, 15) is 0 Å². The van der Waals surface area contributed by atoms with Crippen LogP contribution in [-0.2, 0) is 10.8 Å². The van der Waals surface area contributed by atoms with Gasteiger partial charge in [0.25, 0.3) is 0 Å². The van der Waals surface area contributed by atoms with Gasteiger partial charge in [-0.05, 0) is 102 Å². The molecule has 3 heteroatoms. The molecule has 0 atom stereocenters. The Morgan fingerprint density at radius 3 is 2.06 bits per heavy atom. The van der Waals surface area contributed by atoms with Gasteiger partial charge >= 0.3 is 0 Å². The van der Waals surface area contributed by atoms with Gasteiger partial charge in [-0.25, -0.2) is 0 Å². The molecule has 0 amide bonds. The number of fused-ring (bicyclic) bond motifs is 6. The highest BCUT2D eigenvalue weighted by Crippen LogP contribution is 2.52. The third-order valence-electron chi connectivity index (χ3n) is 12.1. The van der Waals surface area contributed by atoms with Crippen LogP contribution in [0.3, 0.4) is 0 Å². The highest BCUT2D eigenvalue weighted by Gasteiger charge is 2.45. The summed E-state index contributed by atoms with van der Waals surface area (Å²) in [4.78, 5) is 5.32. The van der Waals surface area contributed by atoms with Crippen LogP contribution in [-0.4, -0.2) is 23.4 Å². The van der Waals surface area contributed by atoms with E-state index < -0.39 is 0 Å². The molecule has 0 aromatic heterocycles. The third kappa shape index (κ3) is 6.39. The summed E-state index contributed by atoms with van der Waals surface area (Å²) in [7, 11) is 0. The molecule has 0 N–H and O–H groups in total. The monoisotopic (exact) mass is 727 g/mol. The van der Waals surface area contributed by atoms with E-state index in [2.05, 4.69) is 178 Å². The van der Waals surface area contributed by atoms with Crippen molar-refractivity contribution < 1.29 is 4.58 Å².